The normalized spacial score (nSPS) is 13.1. The van der Waals surface area contributed by atoms with E-state index in [1.165, 1.54) is 12.1 Å². The molecule has 0 aliphatic carbocycles. The number of nitrogens with one attached hydrogen (secondary N) is 1. The maximum absolute atomic E-state index is 13.7. The van der Waals surface area contributed by atoms with Crippen LogP contribution in [0.15, 0.2) is 40.9 Å². The van der Waals surface area contributed by atoms with Crippen LogP contribution < -0.4 is 5.32 Å². The van der Waals surface area contributed by atoms with Crippen LogP contribution >= 0.6 is 15.9 Å². The van der Waals surface area contributed by atoms with Crippen LogP contribution in [0, 0.1) is 12.7 Å². The van der Waals surface area contributed by atoms with Crippen molar-refractivity contribution in [1.82, 2.24) is 4.90 Å². The Bertz CT molecular complexity index is 914. The summed E-state index contributed by atoms with van der Waals surface area (Å²) in [5, 5.41) is 2.50. The molecule has 0 bridgehead atoms. The lowest BCUT2D eigenvalue weighted by Gasteiger charge is -2.13. The third-order valence-electron chi connectivity index (χ3n) is 4.12. The lowest BCUT2D eigenvalue weighted by Crippen LogP contribution is -2.31. The topological polar surface area (TPSA) is 66.5 Å². The van der Waals surface area contributed by atoms with Gasteiger partial charge in [-0.15, -0.1) is 0 Å². The standard InChI is InChI=1S/C19H16BrFN2O3/c1-11-4-7-16(15(21)9-11)22-17(24)3-2-8-23-18(25)13-6-5-12(20)10-14(13)19(23)26/h4-7,9-10H,2-3,8H2,1H3,(H,22,24). The predicted molar refractivity (Wildman–Crippen MR) is 98.5 cm³/mol. The van der Waals surface area contributed by atoms with Gasteiger partial charge in [0.1, 0.15) is 5.82 Å². The van der Waals surface area contributed by atoms with E-state index in [1.54, 1.807) is 31.2 Å². The highest BCUT2D eigenvalue weighted by molar-refractivity contribution is 9.10. The van der Waals surface area contributed by atoms with Crippen LogP contribution in [-0.4, -0.2) is 29.2 Å². The molecule has 1 N–H and O–H groups in total. The highest BCUT2D eigenvalue weighted by Crippen LogP contribution is 2.26. The molecule has 0 fully saturated rings. The summed E-state index contributed by atoms with van der Waals surface area (Å²) in [6.45, 7) is 1.89. The molecule has 0 aromatic heterocycles. The van der Waals surface area contributed by atoms with Crippen LogP contribution in [0.1, 0.15) is 39.1 Å². The minimum Gasteiger partial charge on any atom is -0.324 e. The van der Waals surface area contributed by atoms with Gasteiger partial charge in [0.15, 0.2) is 0 Å². The molecule has 7 heteroatoms. The van der Waals surface area contributed by atoms with E-state index < -0.39 is 5.82 Å². The number of carbonyl (C=O) groups excluding carboxylic acids is 3. The summed E-state index contributed by atoms with van der Waals surface area (Å²) in [6.07, 6.45) is 0.371. The van der Waals surface area contributed by atoms with Crippen LogP contribution in [0.3, 0.4) is 0 Å². The highest BCUT2D eigenvalue weighted by Gasteiger charge is 2.35. The Morgan fingerprint density at radius 2 is 1.85 bits per heavy atom. The fraction of sp³-hybridized carbons (Fsp3) is 0.211. The third-order valence-corrected chi connectivity index (χ3v) is 4.61. The second kappa shape index (κ2) is 7.37. The van der Waals surface area contributed by atoms with Crippen LogP contribution in [-0.2, 0) is 4.79 Å². The van der Waals surface area contributed by atoms with E-state index in [4.69, 9.17) is 0 Å². The van der Waals surface area contributed by atoms with Crippen molar-refractivity contribution in [1.29, 1.82) is 0 Å². The first-order valence-corrected chi connectivity index (χ1v) is 8.88. The number of rotatable bonds is 5. The smallest absolute Gasteiger partial charge is 0.261 e. The molecule has 0 saturated heterocycles. The number of halogens is 2. The van der Waals surface area contributed by atoms with E-state index >= 15 is 0 Å². The molecule has 134 valence electrons. The summed E-state index contributed by atoms with van der Waals surface area (Å²) in [5.74, 6) is -1.59. The summed E-state index contributed by atoms with van der Waals surface area (Å²) in [7, 11) is 0. The van der Waals surface area contributed by atoms with Crippen LogP contribution in [0.4, 0.5) is 10.1 Å². The molecule has 0 atom stereocenters. The molecule has 0 radical (unpaired) electrons. The number of anilines is 1. The zero-order chi connectivity index (χ0) is 18.8. The van der Waals surface area contributed by atoms with Crippen LogP contribution in [0.2, 0.25) is 0 Å². The molecule has 2 aromatic rings. The first-order chi connectivity index (χ1) is 12.4. The van der Waals surface area contributed by atoms with Crippen molar-refractivity contribution in [3.63, 3.8) is 0 Å². The lowest BCUT2D eigenvalue weighted by atomic mass is 10.1. The van der Waals surface area contributed by atoms with Gasteiger partial charge in [0.2, 0.25) is 5.91 Å². The molecule has 1 heterocycles. The molecule has 5 nitrogen and oxygen atoms in total. The number of hydrogen-bond donors (Lipinski definition) is 1. The van der Waals surface area contributed by atoms with E-state index in [-0.39, 0.29) is 36.4 Å². The van der Waals surface area contributed by atoms with Gasteiger partial charge in [-0.1, -0.05) is 22.0 Å². The molecule has 0 spiro atoms. The Labute approximate surface area is 158 Å². The number of fused-ring (bicyclic) bond motifs is 1. The first kappa shape index (κ1) is 18.3. The average Bonchev–Trinajstić information content (AvgIpc) is 2.82. The first-order valence-electron chi connectivity index (χ1n) is 8.08. The van der Waals surface area contributed by atoms with Gasteiger partial charge >= 0.3 is 0 Å². The van der Waals surface area contributed by atoms with Crippen LogP contribution in [0.5, 0.6) is 0 Å². The number of hydrogen-bond acceptors (Lipinski definition) is 3. The van der Waals surface area contributed by atoms with Gasteiger partial charge in [0.05, 0.1) is 16.8 Å². The minimum atomic E-state index is -0.496. The monoisotopic (exact) mass is 418 g/mol. The molecule has 1 aliphatic rings. The number of carbonyl (C=O) groups is 3. The molecule has 26 heavy (non-hydrogen) atoms. The maximum Gasteiger partial charge on any atom is 0.261 e. The van der Waals surface area contributed by atoms with Crippen molar-refractivity contribution in [2.24, 2.45) is 0 Å². The number of amides is 3. The molecule has 0 saturated carbocycles. The molecule has 0 unspecified atom stereocenters. The van der Waals surface area contributed by atoms with Crippen molar-refractivity contribution in [3.05, 3.63) is 63.4 Å². The second-order valence-electron chi connectivity index (χ2n) is 6.09. The van der Waals surface area contributed by atoms with E-state index in [2.05, 4.69) is 21.2 Å². The second-order valence-corrected chi connectivity index (χ2v) is 7.00. The van der Waals surface area contributed by atoms with E-state index in [9.17, 15) is 18.8 Å². The zero-order valence-corrected chi connectivity index (χ0v) is 15.6. The summed E-state index contributed by atoms with van der Waals surface area (Å²) in [5.41, 5.74) is 1.60. The van der Waals surface area contributed by atoms with Gasteiger partial charge in [-0.3, -0.25) is 19.3 Å². The summed E-state index contributed by atoms with van der Waals surface area (Å²) < 4.78 is 14.5. The van der Waals surface area contributed by atoms with Crippen molar-refractivity contribution in [3.8, 4) is 0 Å². The maximum atomic E-state index is 13.7. The molecule has 3 rings (SSSR count). The predicted octanol–water partition coefficient (Wildman–Crippen LogP) is 3.91. The van der Waals surface area contributed by atoms with Crippen molar-refractivity contribution < 1.29 is 18.8 Å². The van der Waals surface area contributed by atoms with Gasteiger partial charge in [-0.25, -0.2) is 4.39 Å². The zero-order valence-electron chi connectivity index (χ0n) is 14.0. The third kappa shape index (κ3) is 3.67. The quantitative estimate of drug-likeness (QED) is 0.748. The van der Waals surface area contributed by atoms with Gasteiger partial charge in [-0.05, 0) is 49.2 Å². The fourth-order valence-electron chi connectivity index (χ4n) is 2.80. The van der Waals surface area contributed by atoms with E-state index in [0.717, 1.165) is 14.9 Å². The van der Waals surface area contributed by atoms with Crippen molar-refractivity contribution >= 4 is 39.3 Å². The van der Waals surface area contributed by atoms with Crippen molar-refractivity contribution in [2.45, 2.75) is 19.8 Å². The summed E-state index contributed by atoms with van der Waals surface area (Å²) in [4.78, 5) is 37.8. The summed E-state index contributed by atoms with van der Waals surface area (Å²) >= 11 is 3.28. The highest BCUT2D eigenvalue weighted by atomic mass is 79.9. The fourth-order valence-corrected chi connectivity index (χ4v) is 3.16. The molecular weight excluding hydrogens is 403 g/mol. The molecule has 2 aromatic carbocycles. The van der Waals surface area contributed by atoms with Gasteiger partial charge in [-0.2, -0.15) is 0 Å². The molecular formula is C19H16BrFN2O3. The molecule has 1 aliphatic heterocycles. The Morgan fingerprint density at radius 3 is 2.58 bits per heavy atom. The van der Waals surface area contributed by atoms with Crippen molar-refractivity contribution in [2.75, 3.05) is 11.9 Å². The van der Waals surface area contributed by atoms with Gasteiger partial charge in [0, 0.05) is 17.4 Å². The number of nitrogens with zero attached hydrogens (tertiary/aromatic N) is 1. The largest absolute Gasteiger partial charge is 0.324 e. The summed E-state index contributed by atoms with van der Waals surface area (Å²) in [6, 6.07) is 9.47. The minimum absolute atomic E-state index is 0.0738. The van der Waals surface area contributed by atoms with E-state index in [1.807, 2.05) is 0 Å². The van der Waals surface area contributed by atoms with Gasteiger partial charge < -0.3 is 5.32 Å². The van der Waals surface area contributed by atoms with Crippen LogP contribution in [0.25, 0.3) is 0 Å². The van der Waals surface area contributed by atoms with Gasteiger partial charge in [0.25, 0.3) is 11.8 Å². The number of benzene rings is 2. The van der Waals surface area contributed by atoms with E-state index in [0.29, 0.717) is 17.5 Å². The Hall–Kier alpha value is -2.54. The average molecular weight is 419 g/mol. The number of aryl methyl sites for hydroxylation is 1. The molecule has 3 amide bonds. The Morgan fingerprint density at radius 1 is 1.12 bits per heavy atom. The SMILES string of the molecule is Cc1ccc(NC(=O)CCCN2C(=O)c3ccc(Br)cc3C2=O)c(F)c1. The Kier molecular flexibility index (Phi) is 5.18. The Balaban J connectivity index is 1.56. The number of imide groups is 1. The lowest BCUT2D eigenvalue weighted by molar-refractivity contribution is -0.116.